The van der Waals surface area contributed by atoms with E-state index in [0.717, 1.165) is 18.2 Å². The number of rotatable bonds is 5. The monoisotopic (exact) mass is 207 g/mol. The molecule has 1 aliphatic carbocycles. The number of hydrogen-bond acceptors (Lipinski definition) is 2. The van der Waals surface area contributed by atoms with Gasteiger partial charge in [-0.05, 0) is 31.9 Å². The van der Waals surface area contributed by atoms with Gasteiger partial charge in [0, 0.05) is 11.6 Å². The molecule has 0 saturated heterocycles. The summed E-state index contributed by atoms with van der Waals surface area (Å²) in [5, 5.41) is 3.55. The summed E-state index contributed by atoms with van der Waals surface area (Å²) in [6, 6.07) is 2.66. The van der Waals surface area contributed by atoms with Crippen LogP contribution in [-0.4, -0.2) is 6.54 Å². The Kier molecular flexibility index (Phi) is 3.47. The third-order valence-electron chi connectivity index (χ3n) is 3.40. The highest BCUT2D eigenvalue weighted by Gasteiger charge is 2.23. The smallest absolute Gasteiger partial charge is 0.101 e. The van der Waals surface area contributed by atoms with E-state index in [2.05, 4.69) is 18.3 Å². The van der Waals surface area contributed by atoms with Crippen LogP contribution < -0.4 is 5.32 Å². The predicted octanol–water partition coefficient (Wildman–Crippen LogP) is 3.43. The van der Waals surface area contributed by atoms with Crippen LogP contribution in [-0.2, 0) is 0 Å². The van der Waals surface area contributed by atoms with Crippen molar-refractivity contribution in [2.75, 3.05) is 6.54 Å². The van der Waals surface area contributed by atoms with Gasteiger partial charge in [0.25, 0.3) is 0 Å². The molecule has 1 heterocycles. The first-order chi connectivity index (χ1) is 7.29. The molecular weight excluding hydrogens is 186 g/mol. The first-order valence-corrected chi connectivity index (χ1v) is 6.08. The third kappa shape index (κ3) is 2.63. The highest BCUT2D eigenvalue weighted by atomic mass is 16.3. The normalized spacial score (nSPS) is 18.8. The number of aryl methyl sites for hydroxylation is 1. The lowest BCUT2D eigenvalue weighted by Gasteiger charge is -2.29. The lowest BCUT2D eigenvalue weighted by atomic mass is 9.80. The van der Waals surface area contributed by atoms with Crippen LogP contribution in [0.15, 0.2) is 16.7 Å². The molecule has 1 aromatic heterocycles. The molecule has 0 bridgehead atoms. The van der Waals surface area contributed by atoms with Crippen molar-refractivity contribution in [1.82, 2.24) is 5.32 Å². The first-order valence-electron chi connectivity index (χ1n) is 6.08. The standard InChI is InChI=1S/C13H21NO/c1-3-14-13(8-11-5-4-6-11)12-7-10(2)15-9-12/h7,9,11,13-14H,3-6,8H2,1-2H3. The van der Waals surface area contributed by atoms with Crippen molar-refractivity contribution >= 4 is 0 Å². The van der Waals surface area contributed by atoms with Gasteiger partial charge in [0.1, 0.15) is 5.76 Å². The Balaban J connectivity index is 1.97. The van der Waals surface area contributed by atoms with E-state index in [4.69, 9.17) is 4.42 Å². The SMILES string of the molecule is CCNC(CC1CCC1)c1coc(C)c1. The highest BCUT2D eigenvalue weighted by Crippen LogP contribution is 2.35. The zero-order valence-corrected chi connectivity index (χ0v) is 9.75. The van der Waals surface area contributed by atoms with E-state index in [1.54, 1.807) is 0 Å². The van der Waals surface area contributed by atoms with Gasteiger partial charge in [-0.2, -0.15) is 0 Å². The highest BCUT2D eigenvalue weighted by molar-refractivity contribution is 5.16. The fourth-order valence-electron chi connectivity index (χ4n) is 2.29. The van der Waals surface area contributed by atoms with Gasteiger partial charge < -0.3 is 9.73 Å². The molecular formula is C13H21NO. The van der Waals surface area contributed by atoms with E-state index < -0.39 is 0 Å². The zero-order chi connectivity index (χ0) is 10.7. The minimum atomic E-state index is 0.498. The molecule has 1 atom stereocenters. The van der Waals surface area contributed by atoms with E-state index >= 15 is 0 Å². The van der Waals surface area contributed by atoms with Crippen LogP contribution in [0.4, 0.5) is 0 Å². The molecule has 1 unspecified atom stereocenters. The van der Waals surface area contributed by atoms with Crippen molar-refractivity contribution < 1.29 is 4.42 Å². The molecule has 1 saturated carbocycles. The molecule has 0 amide bonds. The van der Waals surface area contributed by atoms with Gasteiger partial charge >= 0.3 is 0 Å². The Hall–Kier alpha value is -0.760. The van der Waals surface area contributed by atoms with Gasteiger partial charge in [-0.25, -0.2) is 0 Å². The van der Waals surface area contributed by atoms with Crippen LogP contribution >= 0.6 is 0 Å². The van der Waals surface area contributed by atoms with E-state index in [9.17, 15) is 0 Å². The number of furan rings is 1. The van der Waals surface area contributed by atoms with E-state index in [1.165, 1.54) is 31.2 Å². The van der Waals surface area contributed by atoms with Crippen molar-refractivity contribution in [2.45, 2.75) is 45.6 Å². The van der Waals surface area contributed by atoms with Gasteiger partial charge in [0.15, 0.2) is 0 Å². The Labute approximate surface area is 92.1 Å². The second-order valence-corrected chi connectivity index (χ2v) is 4.63. The van der Waals surface area contributed by atoms with Gasteiger partial charge in [0.05, 0.1) is 6.26 Å². The molecule has 15 heavy (non-hydrogen) atoms. The lowest BCUT2D eigenvalue weighted by molar-refractivity contribution is 0.262. The summed E-state index contributed by atoms with van der Waals surface area (Å²) in [5.41, 5.74) is 1.32. The fourth-order valence-corrected chi connectivity index (χ4v) is 2.29. The molecule has 2 rings (SSSR count). The predicted molar refractivity (Wildman–Crippen MR) is 61.8 cm³/mol. The molecule has 0 spiro atoms. The maximum absolute atomic E-state index is 5.39. The van der Waals surface area contributed by atoms with Crippen molar-refractivity contribution in [3.05, 3.63) is 23.7 Å². The molecule has 0 aliphatic heterocycles. The Bertz CT molecular complexity index is 301. The van der Waals surface area contributed by atoms with Crippen molar-refractivity contribution in [3.63, 3.8) is 0 Å². The Morgan fingerprint density at radius 2 is 2.33 bits per heavy atom. The molecule has 1 N–H and O–H groups in total. The summed E-state index contributed by atoms with van der Waals surface area (Å²) >= 11 is 0. The van der Waals surface area contributed by atoms with E-state index in [-0.39, 0.29) is 0 Å². The van der Waals surface area contributed by atoms with Crippen LogP contribution in [0.5, 0.6) is 0 Å². The molecule has 2 heteroatoms. The number of nitrogens with one attached hydrogen (secondary N) is 1. The first kappa shape index (κ1) is 10.7. The van der Waals surface area contributed by atoms with Crippen molar-refractivity contribution in [1.29, 1.82) is 0 Å². The van der Waals surface area contributed by atoms with E-state index in [0.29, 0.717) is 6.04 Å². The summed E-state index contributed by atoms with van der Waals surface area (Å²) in [4.78, 5) is 0. The summed E-state index contributed by atoms with van der Waals surface area (Å²) in [7, 11) is 0. The van der Waals surface area contributed by atoms with Crippen LogP contribution in [0.2, 0.25) is 0 Å². The lowest BCUT2D eigenvalue weighted by Crippen LogP contribution is -2.25. The van der Waals surface area contributed by atoms with Crippen LogP contribution in [0, 0.1) is 12.8 Å². The molecule has 1 fully saturated rings. The summed E-state index contributed by atoms with van der Waals surface area (Å²) in [5.74, 6) is 1.95. The van der Waals surface area contributed by atoms with Gasteiger partial charge in [0.2, 0.25) is 0 Å². The summed E-state index contributed by atoms with van der Waals surface area (Å²) in [6.07, 6.45) is 7.43. The average molecular weight is 207 g/mol. The molecule has 1 aliphatic rings. The molecule has 0 aromatic carbocycles. The quantitative estimate of drug-likeness (QED) is 0.800. The fraction of sp³-hybridized carbons (Fsp3) is 0.692. The second kappa shape index (κ2) is 4.84. The van der Waals surface area contributed by atoms with Crippen molar-refractivity contribution in [3.8, 4) is 0 Å². The summed E-state index contributed by atoms with van der Waals surface area (Å²) in [6.45, 7) is 5.21. The Morgan fingerprint density at radius 3 is 2.80 bits per heavy atom. The minimum Gasteiger partial charge on any atom is -0.469 e. The number of hydrogen-bond donors (Lipinski definition) is 1. The zero-order valence-electron chi connectivity index (χ0n) is 9.75. The second-order valence-electron chi connectivity index (χ2n) is 4.63. The molecule has 0 radical (unpaired) electrons. The summed E-state index contributed by atoms with van der Waals surface area (Å²) < 4.78 is 5.39. The van der Waals surface area contributed by atoms with Crippen LogP contribution in [0.25, 0.3) is 0 Å². The average Bonchev–Trinajstić information content (AvgIpc) is 2.56. The topological polar surface area (TPSA) is 25.2 Å². The maximum atomic E-state index is 5.39. The minimum absolute atomic E-state index is 0.498. The maximum Gasteiger partial charge on any atom is 0.101 e. The molecule has 84 valence electrons. The Morgan fingerprint density at radius 1 is 1.53 bits per heavy atom. The van der Waals surface area contributed by atoms with Gasteiger partial charge in [-0.1, -0.05) is 26.2 Å². The largest absolute Gasteiger partial charge is 0.469 e. The van der Waals surface area contributed by atoms with E-state index in [1.807, 2.05) is 13.2 Å². The molecule has 1 aromatic rings. The third-order valence-corrected chi connectivity index (χ3v) is 3.40. The molecule has 2 nitrogen and oxygen atoms in total. The van der Waals surface area contributed by atoms with Crippen LogP contribution in [0.3, 0.4) is 0 Å². The van der Waals surface area contributed by atoms with Crippen LogP contribution in [0.1, 0.15) is 50.0 Å². The van der Waals surface area contributed by atoms with Crippen molar-refractivity contribution in [2.24, 2.45) is 5.92 Å². The van der Waals surface area contributed by atoms with Gasteiger partial charge in [-0.3, -0.25) is 0 Å². The van der Waals surface area contributed by atoms with Gasteiger partial charge in [-0.15, -0.1) is 0 Å².